The third-order valence-corrected chi connectivity index (χ3v) is 4.24. The highest BCUT2D eigenvalue weighted by atomic mass is 16.3. The summed E-state index contributed by atoms with van der Waals surface area (Å²) in [6.07, 6.45) is 10.7. The second-order valence-electron chi connectivity index (χ2n) is 6.86. The van der Waals surface area contributed by atoms with Crippen molar-refractivity contribution in [3.05, 3.63) is 82.5 Å². The molecule has 0 aliphatic rings. The van der Waals surface area contributed by atoms with E-state index in [4.69, 9.17) is 0 Å². The van der Waals surface area contributed by atoms with Gasteiger partial charge in [-0.15, -0.1) is 0 Å². The highest BCUT2D eigenvalue weighted by molar-refractivity contribution is 5.71. The third kappa shape index (κ3) is 6.29. The van der Waals surface area contributed by atoms with Gasteiger partial charge < -0.3 is 10.2 Å². The molecule has 0 amide bonds. The Morgan fingerprint density at radius 2 is 1.46 bits per heavy atom. The first-order valence-corrected chi connectivity index (χ1v) is 9.02. The van der Waals surface area contributed by atoms with E-state index in [1.807, 2.05) is 42.5 Å². The van der Waals surface area contributed by atoms with Crippen LogP contribution in [0.3, 0.4) is 0 Å². The minimum Gasteiger partial charge on any atom is -0.507 e. The Bertz CT molecular complexity index is 784. The molecule has 0 heterocycles. The molecule has 2 rings (SSSR count). The van der Waals surface area contributed by atoms with Gasteiger partial charge in [0.05, 0.1) is 0 Å². The van der Waals surface area contributed by atoms with Crippen LogP contribution in [0.5, 0.6) is 11.5 Å². The lowest BCUT2D eigenvalue weighted by Gasteiger charge is -2.08. The molecule has 0 unspecified atom stereocenters. The third-order valence-electron chi connectivity index (χ3n) is 4.24. The highest BCUT2D eigenvalue weighted by Gasteiger charge is 2.08. The molecular weight excluding hydrogens is 320 g/mol. The molecule has 2 aromatic carbocycles. The normalized spacial score (nSPS) is 11.7. The van der Waals surface area contributed by atoms with E-state index in [0.29, 0.717) is 12.0 Å². The predicted molar refractivity (Wildman–Crippen MR) is 111 cm³/mol. The van der Waals surface area contributed by atoms with E-state index in [2.05, 4.69) is 32.9 Å². The number of allylic oxidation sites excluding steroid dienone is 4. The van der Waals surface area contributed by atoms with Crippen LogP contribution in [0, 0.1) is 0 Å². The molecular formula is C24H28O2. The number of rotatable bonds is 7. The van der Waals surface area contributed by atoms with E-state index in [9.17, 15) is 10.2 Å². The molecule has 136 valence electrons. The number of phenols is 2. The zero-order valence-corrected chi connectivity index (χ0v) is 15.9. The van der Waals surface area contributed by atoms with Gasteiger partial charge in [0.2, 0.25) is 0 Å². The lowest BCUT2D eigenvalue weighted by Crippen LogP contribution is -1.88. The van der Waals surface area contributed by atoms with E-state index < -0.39 is 0 Å². The van der Waals surface area contributed by atoms with Crippen LogP contribution in [-0.4, -0.2) is 10.2 Å². The summed E-state index contributed by atoms with van der Waals surface area (Å²) >= 11 is 0. The van der Waals surface area contributed by atoms with Crippen molar-refractivity contribution in [2.24, 2.45) is 0 Å². The molecule has 26 heavy (non-hydrogen) atoms. The number of phenolic OH excluding ortho intramolecular Hbond substituents is 2. The summed E-state index contributed by atoms with van der Waals surface area (Å²) in [7, 11) is 0. The number of benzene rings is 2. The summed E-state index contributed by atoms with van der Waals surface area (Å²) < 4.78 is 0. The first kappa shape index (κ1) is 19.6. The van der Waals surface area contributed by atoms with Crippen molar-refractivity contribution in [1.82, 2.24) is 0 Å². The minimum atomic E-state index is 0.131. The Balaban J connectivity index is 2.07. The molecule has 2 nitrogen and oxygen atoms in total. The monoisotopic (exact) mass is 348 g/mol. The molecule has 0 aromatic heterocycles. The zero-order valence-electron chi connectivity index (χ0n) is 15.9. The quantitative estimate of drug-likeness (QED) is 0.442. The fraction of sp³-hybridized carbons (Fsp3) is 0.250. The number of aromatic hydroxyl groups is 2. The minimum absolute atomic E-state index is 0.131. The summed E-state index contributed by atoms with van der Waals surface area (Å²) in [6.45, 7) is 6.29. The van der Waals surface area contributed by atoms with Gasteiger partial charge in [0.1, 0.15) is 11.5 Å². The van der Waals surface area contributed by atoms with Gasteiger partial charge in [0, 0.05) is 5.56 Å². The van der Waals surface area contributed by atoms with Crippen LogP contribution in [-0.2, 0) is 6.42 Å². The Morgan fingerprint density at radius 1 is 0.846 bits per heavy atom. The van der Waals surface area contributed by atoms with Gasteiger partial charge in [-0.3, -0.25) is 0 Å². The van der Waals surface area contributed by atoms with Crippen LogP contribution < -0.4 is 0 Å². The second-order valence-corrected chi connectivity index (χ2v) is 6.86. The van der Waals surface area contributed by atoms with E-state index >= 15 is 0 Å². The first-order valence-electron chi connectivity index (χ1n) is 9.02. The van der Waals surface area contributed by atoms with Crippen molar-refractivity contribution in [2.45, 2.75) is 40.0 Å². The van der Waals surface area contributed by atoms with Gasteiger partial charge in [0.25, 0.3) is 0 Å². The summed E-state index contributed by atoms with van der Waals surface area (Å²) in [6, 6.07) is 13.3. The maximum atomic E-state index is 10.3. The van der Waals surface area contributed by atoms with E-state index in [1.54, 1.807) is 12.1 Å². The van der Waals surface area contributed by atoms with Crippen molar-refractivity contribution in [2.75, 3.05) is 0 Å². The van der Waals surface area contributed by atoms with Crippen molar-refractivity contribution in [1.29, 1.82) is 0 Å². The molecule has 2 aromatic rings. The Kier molecular flexibility index (Phi) is 7.28. The largest absolute Gasteiger partial charge is 0.507 e. The zero-order chi connectivity index (χ0) is 18.9. The van der Waals surface area contributed by atoms with Gasteiger partial charge in [-0.2, -0.15) is 0 Å². The van der Waals surface area contributed by atoms with E-state index in [1.165, 1.54) is 11.1 Å². The maximum absolute atomic E-state index is 10.3. The van der Waals surface area contributed by atoms with Gasteiger partial charge >= 0.3 is 0 Å². The Labute approximate surface area is 156 Å². The van der Waals surface area contributed by atoms with Crippen LogP contribution >= 0.6 is 0 Å². The summed E-state index contributed by atoms with van der Waals surface area (Å²) in [4.78, 5) is 0. The van der Waals surface area contributed by atoms with Crippen molar-refractivity contribution < 1.29 is 10.2 Å². The van der Waals surface area contributed by atoms with Crippen molar-refractivity contribution in [3.63, 3.8) is 0 Å². The second kappa shape index (κ2) is 9.67. The molecule has 0 spiro atoms. The summed E-state index contributed by atoms with van der Waals surface area (Å²) in [5, 5.41) is 20.6. The average molecular weight is 348 g/mol. The molecule has 0 aliphatic heterocycles. The van der Waals surface area contributed by atoms with Crippen LogP contribution in [0.1, 0.15) is 50.3 Å². The maximum Gasteiger partial charge on any atom is 0.123 e. The molecule has 2 heteroatoms. The Morgan fingerprint density at radius 3 is 2.08 bits per heavy atom. The van der Waals surface area contributed by atoms with Crippen LogP contribution in [0.4, 0.5) is 0 Å². The highest BCUT2D eigenvalue weighted by Crippen LogP contribution is 2.31. The van der Waals surface area contributed by atoms with Crippen LogP contribution in [0.15, 0.2) is 65.8 Å². The summed E-state index contributed by atoms with van der Waals surface area (Å²) in [5.74, 6) is 0.261. The van der Waals surface area contributed by atoms with Gasteiger partial charge in [-0.25, -0.2) is 0 Å². The molecule has 0 fully saturated rings. The molecule has 0 aliphatic carbocycles. The van der Waals surface area contributed by atoms with Crippen molar-refractivity contribution in [3.8, 4) is 11.5 Å². The van der Waals surface area contributed by atoms with E-state index in [0.717, 1.165) is 24.0 Å². The van der Waals surface area contributed by atoms with E-state index in [-0.39, 0.29) is 11.5 Å². The van der Waals surface area contributed by atoms with Crippen LogP contribution in [0.25, 0.3) is 12.2 Å². The molecule has 0 saturated carbocycles. The lowest BCUT2D eigenvalue weighted by atomic mass is 10.0. The van der Waals surface area contributed by atoms with Crippen molar-refractivity contribution >= 4 is 12.2 Å². The SMILES string of the molecule is CC(C)=CCCC(C)=CCc1c(O)cc(C=Cc2ccccc2)cc1O. The molecule has 0 bridgehead atoms. The fourth-order valence-corrected chi connectivity index (χ4v) is 2.69. The molecule has 2 N–H and O–H groups in total. The predicted octanol–water partition coefficient (Wildman–Crippen LogP) is 6.50. The first-order chi connectivity index (χ1) is 12.5. The molecule has 0 saturated heterocycles. The molecule has 0 atom stereocenters. The standard InChI is InChI=1S/C24H28O2/c1-18(2)8-7-9-19(3)12-15-22-23(25)16-21(17-24(22)26)14-13-20-10-5-4-6-11-20/h4-6,8,10-14,16-17,25-26H,7,9,15H2,1-3H3. The topological polar surface area (TPSA) is 40.5 Å². The van der Waals surface area contributed by atoms with Gasteiger partial charge in [-0.1, -0.05) is 65.8 Å². The number of hydrogen-bond donors (Lipinski definition) is 2. The summed E-state index contributed by atoms with van der Waals surface area (Å²) in [5.41, 5.74) is 5.01. The van der Waals surface area contributed by atoms with Gasteiger partial charge in [0.15, 0.2) is 0 Å². The number of hydrogen-bond acceptors (Lipinski definition) is 2. The molecule has 0 radical (unpaired) electrons. The average Bonchev–Trinajstić information content (AvgIpc) is 2.60. The lowest BCUT2D eigenvalue weighted by molar-refractivity contribution is 0.440. The fourth-order valence-electron chi connectivity index (χ4n) is 2.69. The Hall–Kier alpha value is -2.74. The van der Waals surface area contributed by atoms with Crippen LogP contribution in [0.2, 0.25) is 0 Å². The smallest absolute Gasteiger partial charge is 0.123 e. The van der Waals surface area contributed by atoms with Gasteiger partial charge in [-0.05, 0) is 63.3 Å².